The van der Waals surface area contributed by atoms with E-state index in [4.69, 9.17) is 23.7 Å². The summed E-state index contributed by atoms with van der Waals surface area (Å²) in [6.07, 6.45) is 5.25. The summed E-state index contributed by atoms with van der Waals surface area (Å²) in [6, 6.07) is 0. The zero-order valence-corrected chi connectivity index (χ0v) is 18.9. The maximum absolute atomic E-state index is 12.7. The van der Waals surface area contributed by atoms with Crippen LogP contribution in [0.4, 0.5) is 0 Å². The molecule has 0 N–H and O–H groups in total. The van der Waals surface area contributed by atoms with Gasteiger partial charge in [-0.15, -0.1) is 0 Å². The van der Waals surface area contributed by atoms with Crippen molar-refractivity contribution in [3.8, 4) is 17.2 Å². The fourth-order valence-corrected chi connectivity index (χ4v) is 2.90. The minimum atomic E-state index is -0.165. The molecule has 0 aliphatic carbocycles. The summed E-state index contributed by atoms with van der Waals surface area (Å²) >= 11 is 0. The van der Waals surface area contributed by atoms with Gasteiger partial charge in [0.1, 0.15) is 22.8 Å². The molecular formula is C23H34O6. The highest BCUT2D eigenvalue weighted by Gasteiger charge is 2.28. The molecule has 0 saturated heterocycles. The van der Waals surface area contributed by atoms with E-state index in [2.05, 4.69) is 12.2 Å². The van der Waals surface area contributed by atoms with Crippen LogP contribution in [0.5, 0.6) is 17.2 Å². The van der Waals surface area contributed by atoms with E-state index >= 15 is 0 Å². The second-order valence-electron chi connectivity index (χ2n) is 7.15. The number of hydrogen-bond donors (Lipinski definition) is 0. The molecule has 0 heterocycles. The first kappa shape index (κ1) is 24.7. The molecule has 0 aliphatic heterocycles. The number of ether oxygens (including phenoxy) is 5. The van der Waals surface area contributed by atoms with Crippen molar-refractivity contribution in [3.63, 3.8) is 0 Å². The third kappa shape index (κ3) is 6.91. The van der Waals surface area contributed by atoms with Gasteiger partial charge in [-0.2, -0.15) is 0 Å². The topological polar surface area (TPSA) is 63.2 Å². The van der Waals surface area contributed by atoms with Crippen LogP contribution >= 0.6 is 0 Å². The van der Waals surface area contributed by atoms with Crippen molar-refractivity contribution in [3.05, 3.63) is 40.0 Å². The molecule has 0 aliphatic rings. The van der Waals surface area contributed by atoms with Crippen molar-refractivity contribution in [2.24, 2.45) is 0 Å². The predicted octanol–water partition coefficient (Wildman–Crippen LogP) is 4.88. The molecule has 0 aromatic heterocycles. The number of ketones is 1. The average Bonchev–Trinajstić information content (AvgIpc) is 2.66. The predicted molar refractivity (Wildman–Crippen MR) is 114 cm³/mol. The molecule has 0 bridgehead atoms. The monoisotopic (exact) mass is 406 g/mol. The van der Waals surface area contributed by atoms with Gasteiger partial charge in [0.05, 0.1) is 7.11 Å². The fourth-order valence-electron chi connectivity index (χ4n) is 2.90. The molecule has 0 unspecified atom stereocenters. The average molecular weight is 407 g/mol. The highest BCUT2D eigenvalue weighted by atomic mass is 16.7. The van der Waals surface area contributed by atoms with Gasteiger partial charge in [-0.3, -0.25) is 4.79 Å². The number of Topliss-reactive ketones (excluding diaryl/α,β-unsaturated/α-hetero) is 1. The van der Waals surface area contributed by atoms with E-state index < -0.39 is 0 Å². The van der Waals surface area contributed by atoms with Crippen molar-refractivity contribution in [2.75, 3.05) is 34.9 Å². The quantitative estimate of drug-likeness (QED) is 0.280. The van der Waals surface area contributed by atoms with E-state index in [-0.39, 0.29) is 19.4 Å². The Kier molecular flexibility index (Phi) is 10.5. The molecular weight excluding hydrogens is 372 g/mol. The van der Waals surface area contributed by atoms with Crippen LogP contribution < -0.4 is 14.2 Å². The minimum Gasteiger partial charge on any atom is -0.496 e. The lowest BCUT2D eigenvalue weighted by molar-refractivity contribution is 0.0433. The van der Waals surface area contributed by atoms with Crippen LogP contribution in [0.25, 0.3) is 0 Å². The molecule has 0 spiro atoms. The number of benzene rings is 1. The van der Waals surface area contributed by atoms with Crippen molar-refractivity contribution in [2.45, 2.75) is 47.5 Å². The van der Waals surface area contributed by atoms with Gasteiger partial charge in [0, 0.05) is 25.3 Å². The molecule has 1 aromatic carbocycles. The Morgan fingerprint density at radius 1 is 0.724 bits per heavy atom. The maximum atomic E-state index is 12.7. The maximum Gasteiger partial charge on any atom is 0.188 e. The largest absolute Gasteiger partial charge is 0.496 e. The first-order valence-corrected chi connectivity index (χ1v) is 9.55. The van der Waals surface area contributed by atoms with Crippen LogP contribution in [0.2, 0.25) is 0 Å². The van der Waals surface area contributed by atoms with Crippen molar-refractivity contribution < 1.29 is 28.5 Å². The summed E-state index contributed by atoms with van der Waals surface area (Å²) in [6.45, 7) is 9.59. The van der Waals surface area contributed by atoms with E-state index in [1.165, 1.54) is 21.1 Å². The number of methoxy groups -OCH3 is 3. The van der Waals surface area contributed by atoms with Gasteiger partial charge in [0.15, 0.2) is 19.4 Å². The number of allylic oxidation sites excluding steroid dienone is 4. The van der Waals surface area contributed by atoms with Crippen molar-refractivity contribution in [1.29, 1.82) is 0 Å². The summed E-state index contributed by atoms with van der Waals surface area (Å²) < 4.78 is 27.7. The van der Waals surface area contributed by atoms with Crippen LogP contribution in [0.15, 0.2) is 23.3 Å². The molecule has 162 valence electrons. The molecule has 1 rings (SSSR count). The second kappa shape index (κ2) is 12.3. The molecule has 0 fully saturated rings. The van der Waals surface area contributed by atoms with E-state index in [0.717, 1.165) is 22.3 Å². The normalized spacial score (nSPS) is 10.3. The van der Waals surface area contributed by atoms with Crippen LogP contribution in [0.1, 0.15) is 56.1 Å². The molecule has 0 radical (unpaired) electrons. The van der Waals surface area contributed by atoms with Gasteiger partial charge in [-0.25, -0.2) is 0 Å². The van der Waals surface area contributed by atoms with E-state index in [1.54, 1.807) is 7.11 Å². The van der Waals surface area contributed by atoms with Crippen LogP contribution in [-0.4, -0.2) is 40.7 Å². The summed E-state index contributed by atoms with van der Waals surface area (Å²) in [4.78, 5) is 12.7. The molecule has 0 amide bonds. The fraction of sp³-hybridized carbons (Fsp3) is 0.522. The Balaban J connectivity index is 3.93. The van der Waals surface area contributed by atoms with E-state index in [0.29, 0.717) is 35.7 Å². The smallest absolute Gasteiger partial charge is 0.188 e. The van der Waals surface area contributed by atoms with Gasteiger partial charge < -0.3 is 23.7 Å². The SMILES string of the molecule is COCOc1c(CC=C(C)C)c(OC)c(CC=C(C)C)c(OCOC)c1C(C)=O. The Hall–Kier alpha value is -2.31. The first-order chi connectivity index (χ1) is 13.8. The van der Waals surface area contributed by atoms with Crippen molar-refractivity contribution in [1.82, 2.24) is 0 Å². The Bertz CT molecular complexity index is 700. The number of hydrogen-bond acceptors (Lipinski definition) is 6. The lowest BCUT2D eigenvalue weighted by Crippen LogP contribution is -2.14. The third-order valence-electron chi connectivity index (χ3n) is 4.18. The van der Waals surface area contributed by atoms with Gasteiger partial charge in [-0.05, 0) is 47.5 Å². The highest BCUT2D eigenvalue weighted by Crippen LogP contribution is 2.45. The minimum absolute atomic E-state index is 0.00227. The summed E-state index contributed by atoms with van der Waals surface area (Å²) in [5, 5.41) is 0. The van der Waals surface area contributed by atoms with Gasteiger partial charge >= 0.3 is 0 Å². The van der Waals surface area contributed by atoms with Crippen LogP contribution in [0.3, 0.4) is 0 Å². The number of rotatable bonds is 12. The third-order valence-corrected chi connectivity index (χ3v) is 4.18. The molecule has 0 atom stereocenters. The summed E-state index contributed by atoms with van der Waals surface area (Å²) in [5.74, 6) is 1.31. The van der Waals surface area contributed by atoms with Crippen molar-refractivity contribution >= 4 is 5.78 Å². The van der Waals surface area contributed by atoms with Crippen LogP contribution in [0, 0.1) is 0 Å². The summed E-state index contributed by atoms with van der Waals surface area (Å²) in [7, 11) is 4.68. The number of carbonyl (C=O) groups is 1. The summed E-state index contributed by atoms with van der Waals surface area (Å²) in [5.41, 5.74) is 4.25. The highest BCUT2D eigenvalue weighted by molar-refractivity contribution is 6.01. The van der Waals surface area contributed by atoms with E-state index in [9.17, 15) is 4.79 Å². The van der Waals surface area contributed by atoms with Gasteiger partial charge in [-0.1, -0.05) is 23.3 Å². The lowest BCUT2D eigenvalue weighted by atomic mass is 9.93. The first-order valence-electron chi connectivity index (χ1n) is 9.55. The second-order valence-corrected chi connectivity index (χ2v) is 7.15. The molecule has 0 saturated carbocycles. The van der Waals surface area contributed by atoms with E-state index in [1.807, 2.05) is 27.7 Å². The standard InChI is InChI=1S/C23H34O6/c1-15(2)9-11-18-21(27-8)19(12-10-16(3)4)23(29-14-26-7)20(17(5)24)22(18)28-13-25-6/h9-10H,11-14H2,1-8H3. The van der Waals surface area contributed by atoms with Gasteiger partial charge in [0.25, 0.3) is 0 Å². The zero-order chi connectivity index (χ0) is 22.0. The molecule has 6 nitrogen and oxygen atoms in total. The Morgan fingerprint density at radius 2 is 1.14 bits per heavy atom. The van der Waals surface area contributed by atoms with Crippen LogP contribution in [-0.2, 0) is 22.3 Å². The molecule has 29 heavy (non-hydrogen) atoms. The Morgan fingerprint density at radius 3 is 1.41 bits per heavy atom. The lowest BCUT2D eigenvalue weighted by Gasteiger charge is -2.24. The zero-order valence-electron chi connectivity index (χ0n) is 18.9. The molecule has 1 aromatic rings. The molecule has 6 heteroatoms. The number of carbonyl (C=O) groups excluding carboxylic acids is 1. The Labute approximate surface area is 174 Å². The van der Waals surface area contributed by atoms with Gasteiger partial charge in [0.2, 0.25) is 0 Å².